The third-order valence-electron chi connectivity index (χ3n) is 10.1. The summed E-state index contributed by atoms with van der Waals surface area (Å²) in [5.41, 5.74) is 12.8. The summed E-state index contributed by atoms with van der Waals surface area (Å²) in [5, 5.41) is 3.69. The summed E-state index contributed by atoms with van der Waals surface area (Å²) in [6.45, 7) is 4.13. The van der Waals surface area contributed by atoms with Crippen LogP contribution in [0.3, 0.4) is 0 Å². The zero-order valence-electron chi connectivity index (χ0n) is 28.0. The summed E-state index contributed by atoms with van der Waals surface area (Å²) in [7, 11) is 0. The minimum atomic E-state index is 0.833. The predicted molar refractivity (Wildman–Crippen MR) is 204 cm³/mol. The Hall–Kier alpha value is -6.40. The van der Waals surface area contributed by atoms with Crippen LogP contribution in [0.2, 0.25) is 0 Å². The second-order valence-electron chi connectivity index (χ2n) is 13.2. The van der Waals surface area contributed by atoms with Gasteiger partial charge in [-0.05, 0) is 87.4 Å². The predicted octanol–water partition coefficient (Wildman–Crippen LogP) is 10.3. The zero-order valence-corrected chi connectivity index (χ0v) is 28.0. The number of benzene rings is 5. The molecular formula is C44H34N6. The van der Waals surface area contributed by atoms with E-state index in [2.05, 4.69) is 178 Å². The van der Waals surface area contributed by atoms with E-state index in [9.17, 15) is 0 Å². The van der Waals surface area contributed by atoms with E-state index in [4.69, 9.17) is 9.97 Å². The third kappa shape index (κ3) is 4.35. The van der Waals surface area contributed by atoms with Crippen molar-refractivity contribution in [1.82, 2.24) is 28.2 Å². The lowest BCUT2D eigenvalue weighted by Gasteiger charge is -2.19. The van der Waals surface area contributed by atoms with Gasteiger partial charge in [-0.3, -0.25) is 4.57 Å². The average molecular weight is 647 g/mol. The number of aryl methyl sites for hydroxylation is 2. The third-order valence-corrected chi connectivity index (χ3v) is 10.1. The van der Waals surface area contributed by atoms with Gasteiger partial charge in [0, 0.05) is 62.6 Å². The molecule has 0 radical (unpaired) electrons. The van der Waals surface area contributed by atoms with Crippen molar-refractivity contribution in [2.75, 3.05) is 0 Å². The van der Waals surface area contributed by atoms with E-state index in [1.165, 1.54) is 55.4 Å². The monoisotopic (exact) mass is 646 g/mol. The van der Waals surface area contributed by atoms with E-state index in [1.807, 2.05) is 0 Å². The van der Waals surface area contributed by atoms with Crippen LogP contribution in [-0.2, 0) is 6.42 Å². The number of para-hydroxylation sites is 4. The normalized spacial score (nSPS) is 13.0. The van der Waals surface area contributed by atoms with Crippen molar-refractivity contribution in [3.05, 3.63) is 162 Å². The summed E-state index contributed by atoms with van der Waals surface area (Å²) in [6, 6.07) is 45.4. The van der Waals surface area contributed by atoms with Gasteiger partial charge in [-0.2, -0.15) is 0 Å². The van der Waals surface area contributed by atoms with Crippen LogP contribution in [0.25, 0.3) is 73.2 Å². The van der Waals surface area contributed by atoms with Crippen LogP contribution in [0, 0.1) is 13.8 Å². The number of hydrogen-bond donors (Lipinski definition) is 0. The molecule has 0 saturated carbocycles. The Balaban J connectivity index is 1.12. The molecule has 0 amide bonds. The Morgan fingerprint density at radius 1 is 0.480 bits per heavy atom. The van der Waals surface area contributed by atoms with Crippen molar-refractivity contribution < 1.29 is 0 Å². The Kier molecular flexibility index (Phi) is 6.33. The molecule has 240 valence electrons. The molecule has 1 aliphatic carbocycles. The van der Waals surface area contributed by atoms with Crippen molar-refractivity contribution in [3.63, 3.8) is 0 Å². The molecule has 9 aromatic rings. The van der Waals surface area contributed by atoms with Crippen molar-refractivity contribution in [3.8, 4) is 28.7 Å². The van der Waals surface area contributed by atoms with E-state index in [-0.39, 0.29) is 0 Å². The fourth-order valence-corrected chi connectivity index (χ4v) is 7.97. The molecule has 0 unspecified atom stereocenters. The van der Waals surface area contributed by atoms with Gasteiger partial charge >= 0.3 is 0 Å². The maximum atomic E-state index is 5.11. The smallest absolute Gasteiger partial charge is 0.181 e. The lowest BCUT2D eigenvalue weighted by atomic mass is 9.99. The lowest BCUT2D eigenvalue weighted by Crippen LogP contribution is -2.09. The molecule has 0 fully saturated rings. The van der Waals surface area contributed by atoms with Crippen LogP contribution in [0.5, 0.6) is 0 Å². The van der Waals surface area contributed by atoms with E-state index in [0.29, 0.717) is 0 Å². The van der Waals surface area contributed by atoms with Crippen LogP contribution in [0.4, 0.5) is 0 Å². The van der Waals surface area contributed by atoms with Crippen LogP contribution in [0.15, 0.2) is 140 Å². The largest absolute Gasteiger partial charge is 0.313 e. The van der Waals surface area contributed by atoms with Crippen molar-refractivity contribution in [2.24, 2.45) is 0 Å². The molecule has 5 aromatic carbocycles. The van der Waals surface area contributed by atoms with E-state index >= 15 is 0 Å². The number of nitrogens with zero attached hydrogens (tertiary/aromatic N) is 6. The molecule has 10 rings (SSSR count). The Morgan fingerprint density at radius 2 is 1.04 bits per heavy atom. The fraction of sp³-hybridized carbons (Fsp3) is 0.0909. The van der Waals surface area contributed by atoms with Gasteiger partial charge in [-0.1, -0.05) is 72.8 Å². The SMILES string of the molecule is Cc1cn(C2=Cc3c(n(-c4ccccc4)c4ccccc34)CC2)c(-c2nc(C)cn2-c2ccc3c(c2)c2ccccc2n3-c2ccccc2)n1. The second-order valence-corrected chi connectivity index (χ2v) is 13.2. The van der Waals surface area contributed by atoms with E-state index in [1.54, 1.807) is 0 Å². The number of imidazole rings is 2. The van der Waals surface area contributed by atoms with E-state index in [0.717, 1.165) is 47.3 Å². The molecule has 0 bridgehead atoms. The summed E-state index contributed by atoms with van der Waals surface area (Å²) in [4.78, 5) is 10.2. The molecular weight excluding hydrogens is 613 g/mol. The molecule has 0 atom stereocenters. The average Bonchev–Trinajstić information content (AvgIpc) is 3.92. The highest BCUT2D eigenvalue weighted by molar-refractivity contribution is 6.10. The van der Waals surface area contributed by atoms with Gasteiger partial charge in [0.05, 0.1) is 27.9 Å². The molecule has 0 spiro atoms. The standard InChI is InChI=1S/C44H34N6/c1-29-27-47(33-21-23-41-37(25-33)35-17-9-11-19-39(35)49(41)31-13-5-3-6-14-31)43(45-29)44-46-30(2)28-48(44)34-22-24-42-38(26-34)36-18-10-12-20-40(36)50(42)32-15-7-4-8-16-32/h3-21,23,25-28H,22,24H2,1-2H3. The molecule has 50 heavy (non-hydrogen) atoms. The topological polar surface area (TPSA) is 45.5 Å². The Bertz CT molecular complexity index is 2770. The first-order valence-corrected chi connectivity index (χ1v) is 17.2. The maximum Gasteiger partial charge on any atom is 0.181 e. The highest BCUT2D eigenvalue weighted by atomic mass is 15.2. The molecule has 0 saturated heterocycles. The van der Waals surface area contributed by atoms with Crippen molar-refractivity contribution >= 4 is 44.5 Å². The van der Waals surface area contributed by atoms with Gasteiger partial charge in [0.2, 0.25) is 0 Å². The highest BCUT2D eigenvalue weighted by Gasteiger charge is 2.25. The fourth-order valence-electron chi connectivity index (χ4n) is 7.97. The minimum Gasteiger partial charge on any atom is -0.313 e. The van der Waals surface area contributed by atoms with Gasteiger partial charge in [-0.15, -0.1) is 0 Å². The van der Waals surface area contributed by atoms with Gasteiger partial charge in [0.25, 0.3) is 0 Å². The van der Waals surface area contributed by atoms with Crippen molar-refractivity contribution in [2.45, 2.75) is 26.7 Å². The summed E-state index contributed by atoms with van der Waals surface area (Å²) in [5.74, 6) is 1.68. The molecule has 1 aliphatic rings. The summed E-state index contributed by atoms with van der Waals surface area (Å²) in [6.07, 6.45) is 8.48. The minimum absolute atomic E-state index is 0.833. The van der Waals surface area contributed by atoms with E-state index < -0.39 is 0 Å². The first-order chi connectivity index (χ1) is 24.6. The highest BCUT2D eigenvalue weighted by Crippen LogP contribution is 2.39. The molecule has 6 nitrogen and oxygen atoms in total. The summed E-state index contributed by atoms with van der Waals surface area (Å²) < 4.78 is 9.25. The zero-order chi connectivity index (χ0) is 33.3. The molecule has 4 heterocycles. The molecule has 4 aromatic heterocycles. The second kappa shape index (κ2) is 11.1. The lowest BCUT2D eigenvalue weighted by molar-refractivity contribution is 0.858. The van der Waals surface area contributed by atoms with Crippen LogP contribution >= 0.6 is 0 Å². The molecule has 6 heteroatoms. The van der Waals surface area contributed by atoms with Gasteiger partial charge in [-0.25, -0.2) is 9.97 Å². The first-order valence-electron chi connectivity index (χ1n) is 17.2. The number of aromatic nitrogens is 6. The molecule has 0 N–H and O–H groups in total. The van der Waals surface area contributed by atoms with Crippen LogP contribution in [-0.4, -0.2) is 28.2 Å². The number of hydrogen-bond acceptors (Lipinski definition) is 2. The van der Waals surface area contributed by atoms with Crippen molar-refractivity contribution in [1.29, 1.82) is 0 Å². The van der Waals surface area contributed by atoms with Gasteiger partial charge < -0.3 is 13.7 Å². The van der Waals surface area contributed by atoms with Crippen LogP contribution in [0.1, 0.15) is 29.1 Å². The first kappa shape index (κ1) is 28.6. The number of allylic oxidation sites excluding steroid dienone is 1. The Labute approximate surface area is 289 Å². The summed E-state index contributed by atoms with van der Waals surface area (Å²) >= 11 is 0. The Morgan fingerprint density at radius 3 is 1.76 bits per heavy atom. The molecule has 0 aliphatic heterocycles. The van der Waals surface area contributed by atoms with Crippen LogP contribution < -0.4 is 0 Å². The number of rotatable bonds is 5. The quantitative estimate of drug-likeness (QED) is 0.187. The van der Waals surface area contributed by atoms with Gasteiger partial charge in [0.1, 0.15) is 0 Å². The van der Waals surface area contributed by atoms with Gasteiger partial charge in [0.15, 0.2) is 11.6 Å². The maximum absolute atomic E-state index is 5.11. The number of fused-ring (bicyclic) bond motifs is 6.